The molecular formula is C17H20FN5. The van der Waals surface area contributed by atoms with E-state index in [1.54, 1.807) is 6.07 Å². The second kappa shape index (κ2) is 6.34. The van der Waals surface area contributed by atoms with Crippen molar-refractivity contribution in [2.75, 3.05) is 19.4 Å². The van der Waals surface area contributed by atoms with Gasteiger partial charge in [-0.1, -0.05) is 12.1 Å². The van der Waals surface area contributed by atoms with Crippen LogP contribution < -0.4 is 5.32 Å². The average molecular weight is 313 g/mol. The van der Waals surface area contributed by atoms with E-state index in [1.165, 1.54) is 6.33 Å². The van der Waals surface area contributed by atoms with Crippen LogP contribution >= 0.6 is 0 Å². The molecule has 0 radical (unpaired) electrons. The normalized spacial score (nSPS) is 11.3. The van der Waals surface area contributed by atoms with Crippen molar-refractivity contribution in [1.82, 2.24) is 19.4 Å². The quantitative estimate of drug-likeness (QED) is 0.787. The smallest absolute Gasteiger partial charge is 0.145 e. The van der Waals surface area contributed by atoms with Gasteiger partial charge < -0.3 is 14.8 Å². The Morgan fingerprint density at radius 1 is 1.22 bits per heavy atom. The van der Waals surface area contributed by atoms with Gasteiger partial charge >= 0.3 is 0 Å². The summed E-state index contributed by atoms with van der Waals surface area (Å²) in [6.45, 7) is 1.11. The molecule has 3 aromatic rings. The number of fused-ring (bicyclic) bond motifs is 1. The Hall–Kier alpha value is -2.47. The summed E-state index contributed by atoms with van der Waals surface area (Å²) in [6.07, 6.45) is 3.48. The van der Waals surface area contributed by atoms with Crippen molar-refractivity contribution in [2.45, 2.75) is 13.1 Å². The van der Waals surface area contributed by atoms with Crippen molar-refractivity contribution >= 4 is 16.9 Å². The second-order valence-electron chi connectivity index (χ2n) is 5.90. The van der Waals surface area contributed by atoms with Crippen molar-refractivity contribution < 1.29 is 4.39 Å². The van der Waals surface area contributed by atoms with E-state index in [0.29, 0.717) is 18.7 Å². The van der Waals surface area contributed by atoms with Crippen LogP contribution in [0.25, 0.3) is 11.0 Å². The summed E-state index contributed by atoms with van der Waals surface area (Å²) in [5, 5.41) is 4.22. The zero-order valence-corrected chi connectivity index (χ0v) is 13.5. The lowest BCUT2D eigenvalue weighted by molar-refractivity contribution is 0.392. The van der Waals surface area contributed by atoms with E-state index in [0.717, 1.165) is 22.4 Å². The van der Waals surface area contributed by atoms with Gasteiger partial charge in [-0.15, -0.1) is 0 Å². The van der Waals surface area contributed by atoms with Crippen LogP contribution in [0.2, 0.25) is 0 Å². The highest BCUT2D eigenvalue weighted by Crippen LogP contribution is 2.20. The maximum Gasteiger partial charge on any atom is 0.145 e. The first-order valence-electron chi connectivity index (χ1n) is 7.46. The molecule has 5 nitrogen and oxygen atoms in total. The number of hydrogen-bond acceptors (Lipinski definition) is 4. The highest BCUT2D eigenvalue weighted by molar-refractivity contribution is 5.87. The number of benzene rings is 1. The molecule has 120 valence electrons. The molecule has 0 spiro atoms. The molecule has 2 aromatic heterocycles. The Morgan fingerprint density at radius 3 is 2.78 bits per heavy atom. The minimum Gasteiger partial charge on any atom is -0.365 e. The Balaban J connectivity index is 1.76. The standard InChI is InChI=1S/C17H20FN5/c1-22(2)10-13-5-4-12(8-15(13)18)9-19-16-14-6-7-23(3)17(14)21-11-20-16/h4-8,11H,9-10H2,1-3H3,(H,19,20,21). The Bertz CT molecular complexity index is 825. The van der Waals surface area contributed by atoms with Crippen molar-refractivity contribution in [1.29, 1.82) is 0 Å². The van der Waals surface area contributed by atoms with Gasteiger partial charge in [0.25, 0.3) is 0 Å². The van der Waals surface area contributed by atoms with Crippen molar-refractivity contribution in [3.8, 4) is 0 Å². The highest BCUT2D eigenvalue weighted by Gasteiger charge is 2.08. The van der Waals surface area contributed by atoms with Gasteiger partial charge in [0.15, 0.2) is 0 Å². The number of halogens is 1. The summed E-state index contributed by atoms with van der Waals surface area (Å²) in [6, 6.07) is 7.33. The molecule has 0 fully saturated rings. The van der Waals surface area contributed by atoms with E-state index < -0.39 is 0 Å². The zero-order valence-electron chi connectivity index (χ0n) is 13.5. The molecule has 3 rings (SSSR count). The fourth-order valence-electron chi connectivity index (χ4n) is 2.57. The molecular weight excluding hydrogens is 293 g/mol. The predicted molar refractivity (Wildman–Crippen MR) is 89.6 cm³/mol. The molecule has 2 heterocycles. The van der Waals surface area contributed by atoms with Crippen LogP contribution in [0.4, 0.5) is 10.2 Å². The molecule has 23 heavy (non-hydrogen) atoms. The highest BCUT2D eigenvalue weighted by atomic mass is 19.1. The molecule has 1 aromatic carbocycles. The third-order valence-corrected chi connectivity index (χ3v) is 3.73. The van der Waals surface area contributed by atoms with Crippen LogP contribution in [0.3, 0.4) is 0 Å². The Kier molecular flexibility index (Phi) is 4.25. The van der Waals surface area contributed by atoms with Gasteiger partial charge in [-0.2, -0.15) is 0 Å². The number of hydrogen-bond donors (Lipinski definition) is 1. The fraction of sp³-hybridized carbons (Fsp3) is 0.294. The van der Waals surface area contributed by atoms with Gasteiger partial charge in [0, 0.05) is 31.9 Å². The molecule has 0 saturated heterocycles. The van der Waals surface area contributed by atoms with Crippen LogP contribution in [-0.2, 0) is 20.1 Å². The van der Waals surface area contributed by atoms with Crippen LogP contribution in [0.5, 0.6) is 0 Å². The number of rotatable bonds is 5. The van der Waals surface area contributed by atoms with E-state index >= 15 is 0 Å². The molecule has 0 bridgehead atoms. The maximum absolute atomic E-state index is 14.1. The van der Waals surface area contributed by atoms with Crippen LogP contribution in [0, 0.1) is 5.82 Å². The molecule has 0 amide bonds. The molecule has 0 aliphatic carbocycles. The molecule has 0 aliphatic heterocycles. The zero-order chi connectivity index (χ0) is 16.4. The second-order valence-corrected chi connectivity index (χ2v) is 5.90. The van der Waals surface area contributed by atoms with Crippen molar-refractivity contribution in [2.24, 2.45) is 7.05 Å². The van der Waals surface area contributed by atoms with E-state index in [9.17, 15) is 4.39 Å². The third kappa shape index (κ3) is 3.32. The minimum absolute atomic E-state index is 0.175. The van der Waals surface area contributed by atoms with Gasteiger partial charge in [0.2, 0.25) is 0 Å². The Labute approximate surface area is 134 Å². The maximum atomic E-state index is 14.1. The van der Waals surface area contributed by atoms with Crippen LogP contribution in [-0.4, -0.2) is 33.5 Å². The van der Waals surface area contributed by atoms with Crippen LogP contribution in [0.1, 0.15) is 11.1 Å². The van der Waals surface area contributed by atoms with Crippen LogP contribution in [0.15, 0.2) is 36.8 Å². The lowest BCUT2D eigenvalue weighted by Gasteiger charge is -2.12. The van der Waals surface area contributed by atoms with Gasteiger partial charge in [-0.05, 0) is 31.8 Å². The van der Waals surface area contributed by atoms with E-state index in [1.807, 2.05) is 55.0 Å². The largest absolute Gasteiger partial charge is 0.365 e. The number of aromatic nitrogens is 3. The van der Waals surface area contributed by atoms with Gasteiger partial charge in [0.1, 0.15) is 23.6 Å². The first-order valence-corrected chi connectivity index (χ1v) is 7.46. The molecule has 0 saturated carbocycles. The number of nitrogens with one attached hydrogen (secondary N) is 1. The predicted octanol–water partition coefficient (Wildman–Crippen LogP) is 2.78. The van der Waals surface area contributed by atoms with E-state index in [2.05, 4.69) is 15.3 Å². The number of aryl methyl sites for hydroxylation is 1. The first-order chi connectivity index (χ1) is 11.0. The summed E-state index contributed by atoms with van der Waals surface area (Å²) in [5.41, 5.74) is 2.45. The topological polar surface area (TPSA) is 46.0 Å². The van der Waals surface area contributed by atoms with Gasteiger partial charge in [-0.25, -0.2) is 14.4 Å². The molecule has 0 aliphatic rings. The molecule has 1 N–H and O–H groups in total. The number of nitrogens with zero attached hydrogens (tertiary/aromatic N) is 4. The van der Waals surface area contributed by atoms with Crippen molar-refractivity contribution in [3.63, 3.8) is 0 Å². The molecule has 0 atom stereocenters. The third-order valence-electron chi connectivity index (χ3n) is 3.73. The summed E-state index contributed by atoms with van der Waals surface area (Å²) in [7, 11) is 5.79. The van der Waals surface area contributed by atoms with Gasteiger partial charge in [0.05, 0.1) is 5.39 Å². The molecule has 6 heteroatoms. The fourth-order valence-corrected chi connectivity index (χ4v) is 2.57. The Morgan fingerprint density at radius 2 is 2.04 bits per heavy atom. The minimum atomic E-state index is -0.175. The van der Waals surface area contributed by atoms with Crippen molar-refractivity contribution in [3.05, 3.63) is 53.7 Å². The summed E-state index contributed by atoms with van der Waals surface area (Å²) < 4.78 is 16.1. The van der Waals surface area contributed by atoms with E-state index in [4.69, 9.17) is 0 Å². The SMILES string of the molecule is CN(C)Cc1ccc(CNc2ncnc3c2ccn3C)cc1F. The average Bonchev–Trinajstić information content (AvgIpc) is 2.89. The summed E-state index contributed by atoms with van der Waals surface area (Å²) >= 11 is 0. The summed E-state index contributed by atoms with van der Waals surface area (Å²) in [5.74, 6) is 0.582. The lowest BCUT2D eigenvalue weighted by atomic mass is 10.1. The molecule has 0 unspecified atom stereocenters. The van der Waals surface area contributed by atoms with E-state index in [-0.39, 0.29) is 5.82 Å². The van der Waals surface area contributed by atoms with Gasteiger partial charge in [-0.3, -0.25) is 0 Å². The summed E-state index contributed by atoms with van der Waals surface area (Å²) in [4.78, 5) is 10.5. The lowest BCUT2D eigenvalue weighted by Crippen LogP contribution is -2.12. The monoisotopic (exact) mass is 313 g/mol. The first kappa shape index (κ1) is 15.4. The number of anilines is 1.